The first-order valence-corrected chi connectivity index (χ1v) is 10.7. The SMILES string of the molecule is O=C(Nc1nc2ccccc2s1)c1ccc(CN2CCOCC2)s1.O=C(O)C(F)(F)F. The van der Waals surface area contributed by atoms with Gasteiger partial charge >= 0.3 is 12.1 Å². The molecule has 1 aromatic carbocycles. The molecule has 166 valence electrons. The fourth-order valence-electron chi connectivity index (χ4n) is 2.65. The number of benzene rings is 1. The highest BCUT2D eigenvalue weighted by Crippen LogP contribution is 2.27. The number of carboxylic acids is 1. The minimum absolute atomic E-state index is 0.0905. The monoisotopic (exact) mass is 473 g/mol. The fourth-order valence-corrected chi connectivity index (χ4v) is 4.46. The molecule has 12 heteroatoms. The summed E-state index contributed by atoms with van der Waals surface area (Å²) in [6, 6.07) is 11.8. The Morgan fingerprint density at radius 2 is 1.81 bits per heavy atom. The van der Waals surface area contributed by atoms with E-state index in [9.17, 15) is 18.0 Å². The second-order valence-electron chi connectivity index (χ2n) is 6.40. The van der Waals surface area contributed by atoms with Gasteiger partial charge in [0.05, 0.1) is 28.3 Å². The minimum atomic E-state index is -5.08. The third-order valence-corrected chi connectivity index (χ3v) is 6.15. The average Bonchev–Trinajstić information content (AvgIpc) is 3.35. The topological polar surface area (TPSA) is 91.8 Å². The van der Waals surface area contributed by atoms with Crippen LogP contribution in [0.15, 0.2) is 36.4 Å². The van der Waals surface area contributed by atoms with Gasteiger partial charge in [-0.25, -0.2) is 9.78 Å². The Morgan fingerprint density at radius 3 is 2.45 bits per heavy atom. The van der Waals surface area contributed by atoms with E-state index in [1.807, 2.05) is 36.4 Å². The predicted molar refractivity (Wildman–Crippen MR) is 112 cm³/mol. The molecule has 1 amide bonds. The van der Waals surface area contributed by atoms with E-state index in [-0.39, 0.29) is 5.91 Å². The Labute approximate surface area is 183 Å². The zero-order chi connectivity index (χ0) is 22.4. The lowest BCUT2D eigenvalue weighted by Gasteiger charge is -2.25. The number of carboxylic acid groups (broad SMARTS) is 1. The minimum Gasteiger partial charge on any atom is -0.475 e. The average molecular weight is 473 g/mol. The Balaban J connectivity index is 0.000000339. The van der Waals surface area contributed by atoms with Gasteiger partial charge in [0, 0.05) is 24.5 Å². The smallest absolute Gasteiger partial charge is 0.475 e. The number of amides is 1. The lowest BCUT2D eigenvalue weighted by molar-refractivity contribution is -0.192. The molecule has 2 aromatic heterocycles. The Kier molecular flexibility index (Phi) is 7.59. The van der Waals surface area contributed by atoms with Gasteiger partial charge in [0.25, 0.3) is 5.91 Å². The van der Waals surface area contributed by atoms with Crippen LogP contribution in [-0.2, 0) is 16.1 Å². The number of thiazole rings is 1. The summed E-state index contributed by atoms with van der Waals surface area (Å²) < 4.78 is 38.2. The molecule has 0 aliphatic carbocycles. The molecule has 4 rings (SSSR count). The van der Waals surface area contributed by atoms with Crippen LogP contribution in [0.2, 0.25) is 0 Å². The van der Waals surface area contributed by atoms with E-state index >= 15 is 0 Å². The van der Waals surface area contributed by atoms with Crippen molar-refractivity contribution in [3.63, 3.8) is 0 Å². The molecule has 1 aliphatic rings. The molecule has 0 unspecified atom stereocenters. The molecule has 7 nitrogen and oxygen atoms in total. The number of nitrogens with one attached hydrogen (secondary N) is 1. The summed E-state index contributed by atoms with van der Waals surface area (Å²) in [6.45, 7) is 4.35. The molecule has 1 aliphatic heterocycles. The summed E-state index contributed by atoms with van der Waals surface area (Å²) in [5.74, 6) is -2.85. The Morgan fingerprint density at radius 1 is 1.13 bits per heavy atom. The summed E-state index contributed by atoms with van der Waals surface area (Å²) in [4.78, 5) is 30.0. The van der Waals surface area contributed by atoms with E-state index in [4.69, 9.17) is 14.6 Å². The number of hydrogen-bond acceptors (Lipinski definition) is 7. The van der Waals surface area contributed by atoms with E-state index in [0.717, 1.165) is 47.9 Å². The zero-order valence-electron chi connectivity index (χ0n) is 16.0. The molecular formula is C19H18F3N3O4S2. The van der Waals surface area contributed by atoms with Gasteiger partial charge in [-0.1, -0.05) is 23.5 Å². The lowest BCUT2D eigenvalue weighted by Crippen LogP contribution is -2.35. The van der Waals surface area contributed by atoms with E-state index < -0.39 is 12.1 Å². The van der Waals surface area contributed by atoms with Gasteiger partial charge in [-0.15, -0.1) is 11.3 Å². The number of para-hydroxylation sites is 1. The van der Waals surface area contributed by atoms with Gasteiger partial charge in [0.1, 0.15) is 0 Å². The van der Waals surface area contributed by atoms with Crippen LogP contribution in [-0.4, -0.2) is 59.3 Å². The van der Waals surface area contributed by atoms with Crippen LogP contribution in [0.25, 0.3) is 10.2 Å². The van der Waals surface area contributed by atoms with Crippen molar-refractivity contribution in [1.82, 2.24) is 9.88 Å². The largest absolute Gasteiger partial charge is 0.490 e. The van der Waals surface area contributed by atoms with Gasteiger partial charge < -0.3 is 9.84 Å². The van der Waals surface area contributed by atoms with Crippen molar-refractivity contribution in [2.45, 2.75) is 12.7 Å². The van der Waals surface area contributed by atoms with Crippen molar-refractivity contribution in [1.29, 1.82) is 0 Å². The van der Waals surface area contributed by atoms with Gasteiger partial charge in [0.2, 0.25) is 0 Å². The zero-order valence-corrected chi connectivity index (χ0v) is 17.6. The maximum absolute atomic E-state index is 12.4. The molecule has 0 radical (unpaired) electrons. The van der Waals surface area contributed by atoms with Crippen LogP contribution < -0.4 is 5.32 Å². The number of fused-ring (bicyclic) bond motifs is 1. The molecule has 31 heavy (non-hydrogen) atoms. The normalized spacial score (nSPS) is 14.7. The molecule has 0 spiro atoms. The van der Waals surface area contributed by atoms with Crippen molar-refractivity contribution in [2.24, 2.45) is 0 Å². The first-order chi connectivity index (χ1) is 14.7. The number of anilines is 1. The van der Waals surface area contributed by atoms with Gasteiger partial charge in [0.15, 0.2) is 5.13 Å². The molecular weight excluding hydrogens is 455 g/mol. The van der Waals surface area contributed by atoms with Crippen LogP contribution in [0.1, 0.15) is 14.5 Å². The number of morpholine rings is 1. The third-order valence-electron chi connectivity index (χ3n) is 4.13. The number of carbonyl (C=O) groups excluding carboxylic acids is 1. The summed E-state index contributed by atoms with van der Waals surface area (Å²) in [5, 5.41) is 10.7. The highest BCUT2D eigenvalue weighted by Gasteiger charge is 2.38. The number of halogens is 3. The number of ether oxygens (including phenoxy) is 1. The fraction of sp³-hybridized carbons (Fsp3) is 0.316. The highest BCUT2D eigenvalue weighted by atomic mass is 32.1. The van der Waals surface area contributed by atoms with E-state index in [0.29, 0.717) is 5.13 Å². The molecule has 0 saturated carbocycles. The van der Waals surface area contributed by atoms with Crippen LogP contribution in [0.3, 0.4) is 0 Å². The number of thiophene rings is 1. The molecule has 0 atom stereocenters. The maximum atomic E-state index is 12.4. The Hall–Kier alpha value is -2.54. The third kappa shape index (κ3) is 6.72. The van der Waals surface area contributed by atoms with Crippen molar-refractivity contribution < 1.29 is 32.6 Å². The predicted octanol–water partition coefficient (Wildman–Crippen LogP) is 4.08. The van der Waals surface area contributed by atoms with E-state index in [2.05, 4.69) is 15.2 Å². The van der Waals surface area contributed by atoms with Crippen molar-refractivity contribution in [3.05, 3.63) is 46.2 Å². The summed E-state index contributed by atoms with van der Waals surface area (Å²) in [7, 11) is 0. The molecule has 3 aromatic rings. The van der Waals surface area contributed by atoms with Gasteiger partial charge in [-0.05, 0) is 24.3 Å². The van der Waals surface area contributed by atoms with Crippen LogP contribution in [0.4, 0.5) is 18.3 Å². The van der Waals surface area contributed by atoms with Crippen molar-refractivity contribution in [3.8, 4) is 0 Å². The molecule has 0 bridgehead atoms. The molecule has 1 saturated heterocycles. The lowest BCUT2D eigenvalue weighted by atomic mass is 10.3. The molecule has 2 N–H and O–H groups in total. The first-order valence-electron chi connectivity index (χ1n) is 9.08. The van der Waals surface area contributed by atoms with Gasteiger partial charge in [-0.3, -0.25) is 15.0 Å². The van der Waals surface area contributed by atoms with E-state index in [1.165, 1.54) is 16.2 Å². The summed E-state index contributed by atoms with van der Waals surface area (Å²) >= 11 is 3.04. The van der Waals surface area contributed by atoms with Crippen molar-refractivity contribution >= 4 is 49.9 Å². The van der Waals surface area contributed by atoms with Crippen LogP contribution >= 0.6 is 22.7 Å². The number of alkyl halides is 3. The number of aliphatic carboxylic acids is 1. The standard InChI is InChI=1S/C17H17N3O2S2.C2HF3O2/c21-16(19-17-18-13-3-1-2-4-14(13)24-17)15-6-5-12(23-15)11-20-7-9-22-10-8-20;3-2(4,5)1(6)7/h1-6H,7-11H2,(H,18,19,21);(H,6,7). The number of carbonyl (C=O) groups is 2. The second-order valence-corrected chi connectivity index (χ2v) is 8.60. The maximum Gasteiger partial charge on any atom is 0.490 e. The summed E-state index contributed by atoms with van der Waals surface area (Å²) in [5.41, 5.74) is 0.914. The number of rotatable bonds is 4. The van der Waals surface area contributed by atoms with E-state index in [1.54, 1.807) is 11.3 Å². The first kappa shape index (κ1) is 23.1. The second kappa shape index (κ2) is 10.2. The Bertz CT molecular complexity index is 1010. The number of nitrogens with zero attached hydrogens (tertiary/aromatic N) is 2. The number of aromatic nitrogens is 1. The number of hydrogen-bond donors (Lipinski definition) is 2. The van der Waals surface area contributed by atoms with Crippen LogP contribution in [0.5, 0.6) is 0 Å². The van der Waals surface area contributed by atoms with Gasteiger partial charge in [-0.2, -0.15) is 13.2 Å². The van der Waals surface area contributed by atoms with Crippen LogP contribution in [0, 0.1) is 0 Å². The molecule has 3 heterocycles. The molecule has 1 fully saturated rings. The summed E-state index contributed by atoms with van der Waals surface area (Å²) in [6.07, 6.45) is -5.08. The highest BCUT2D eigenvalue weighted by molar-refractivity contribution is 7.22. The quantitative estimate of drug-likeness (QED) is 0.594. The van der Waals surface area contributed by atoms with Crippen molar-refractivity contribution in [2.75, 3.05) is 31.6 Å².